The minimum absolute atomic E-state index is 0.232. The lowest BCUT2D eigenvalue weighted by Gasteiger charge is -2.16. The van der Waals surface area contributed by atoms with Crippen molar-refractivity contribution in [2.24, 2.45) is 0 Å². The number of hydrogen-bond acceptors (Lipinski definition) is 4. The number of aryl methyl sites for hydroxylation is 3. The highest BCUT2D eigenvalue weighted by molar-refractivity contribution is 6.46. The van der Waals surface area contributed by atoms with Crippen molar-refractivity contribution in [3.05, 3.63) is 93.6 Å². The first kappa shape index (κ1) is 21.7. The van der Waals surface area contributed by atoms with E-state index in [1.807, 2.05) is 45.0 Å². The molecule has 0 bridgehead atoms. The molecule has 3 aromatic carbocycles. The van der Waals surface area contributed by atoms with Gasteiger partial charge >= 0.3 is 0 Å². The van der Waals surface area contributed by atoms with Gasteiger partial charge in [0.2, 0.25) is 0 Å². The molecule has 1 aliphatic rings. The second-order valence-electron chi connectivity index (χ2n) is 7.80. The van der Waals surface area contributed by atoms with Crippen LogP contribution in [-0.4, -0.2) is 18.9 Å². The van der Waals surface area contributed by atoms with E-state index in [0.29, 0.717) is 33.3 Å². The first-order chi connectivity index (χ1) is 15.3. The van der Waals surface area contributed by atoms with E-state index in [4.69, 9.17) is 16.3 Å². The Morgan fingerprint density at radius 3 is 2.34 bits per heavy atom. The maximum absolute atomic E-state index is 13.6. The van der Waals surface area contributed by atoms with E-state index in [0.717, 1.165) is 16.7 Å². The van der Waals surface area contributed by atoms with Crippen LogP contribution in [0.15, 0.2) is 66.4 Å². The quantitative estimate of drug-likeness (QED) is 0.513. The molecule has 0 aromatic heterocycles. The summed E-state index contributed by atoms with van der Waals surface area (Å²) >= 11 is 6.10. The standard InChI is InChI=1S/C26H23ClN2O3/c1-15-8-10-21(16(2)12-15)23-24(28-22-11-9-18(27)13-17(22)3)26(31)29(25(23)30)19-6-5-7-20(14-19)32-4/h5-14,28H,1-4H3. The van der Waals surface area contributed by atoms with Crippen LogP contribution >= 0.6 is 11.6 Å². The second kappa shape index (κ2) is 8.52. The summed E-state index contributed by atoms with van der Waals surface area (Å²) in [4.78, 5) is 28.4. The normalized spacial score (nSPS) is 13.7. The molecule has 0 atom stereocenters. The van der Waals surface area contributed by atoms with Gasteiger partial charge in [-0.25, -0.2) is 4.90 Å². The number of nitrogens with one attached hydrogen (secondary N) is 1. The molecule has 2 amide bonds. The van der Waals surface area contributed by atoms with Crippen LogP contribution in [-0.2, 0) is 9.59 Å². The monoisotopic (exact) mass is 446 g/mol. The van der Waals surface area contributed by atoms with Crippen molar-refractivity contribution in [1.82, 2.24) is 0 Å². The van der Waals surface area contributed by atoms with Crippen LogP contribution in [0.4, 0.5) is 11.4 Å². The van der Waals surface area contributed by atoms with Gasteiger partial charge in [0.1, 0.15) is 11.4 Å². The van der Waals surface area contributed by atoms with Gasteiger partial charge in [0.15, 0.2) is 0 Å². The Labute approximate surface area is 192 Å². The number of halogens is 1. The number of benzene rings is 3. The average Bonchev–Trinajstić information content (AvgIpc) is 2.99. The number of ether oxygens (including phenoxy) is 1. The second-order valence-corrected chi connectivity index (χ2v) is 8.24. The summed E-state index contributed by atoms with van der Waals surface area (Å²) in [7, 11) is 1.54. The van der Waals surface area contributed by atoms with Crippen molar-refractivity contribution in [2.75, 3.05) is 17.3 Å². The van der Waals surface area contributed by atoms with Crippen LogP contribution < -0.4 is 15.0 Å². The molecule has 162 valence electrons. The summed E-state index contributed by atoms with van der Waals surface area (Å²) in [5.74, 6) is -0.247. The lowest BCUT2D eigenvalue weighted by atomic mass is 9.97. The summed E-state index contributed by atoms with van der Waals surface area (Å²) in [5, 5.41) is 3.81. The molecule has 32 heavy (non-hydrogen) atoms. The summed E-state index contributed by atoms with van der Waals surface area (Å²) in [6, 6.07) is 18.1. The Morgan fingerprint density at radius 1 is 0.875 bits per heavy atom. The molecular formula is C26H23ClN2O3. The molecular weight excluding hydrogens is 424 g/mol. The summed E-state index contributed by atoms with van der Waals surface area (Å²) in [5.41, 5.74) is 5.31. The van der Waals surface area contributed by atoms with Crippen LogP contribution in [0.1, 0.15) is 22.3 Å². The van der Waals surface area contributed by atoms with E-state index in [9.17, 15) is 9.59 Å². The highest BCUT2D eigenvalue weighted by atomic mass is 35.5. The maximum atomic E-state index is 13.6. The summed E-state index contributed by atoms with van der Waals surface area (Å²) in [6.45, 7) is 5.82. The Hall–Kier alpha value is -3.57. The number of nitrogens with zero attached hydrogens (tertiary/aromatic N) is 1. The van der Waals surface area contributed by atoms with Gasteiger partial charge in [0.25, 0.3) is 11.8 Å². The van der Waals surface area contributed by atoms with E-state index in [1.165, 1.54) is 4.90 Å². The highest BCUT2D eigenvalue weighted by Gasteiger charge is 2.41. The van der Waals surface area contributed by atoms with Crippen LogP contribution in [0.25, 0.3) is 5.57 Å². The minimum atomic E-state index is -0.424. The van der Waals surface area contributed by atoms with E-state index < -0.39 is 5.91 Å². The zero-order valence-corrected chi connectivity index (χ0v) is 19.1. The van der Waals surface area contributed by atoms with Crippen LogP contribution in [0.2, 0.25) is 5.02 Å². The maximum Gasteiger partial charge on any atom is 0.282 e. The molecule has 0 unspecified atom stereocenters. The van der Waals surface area contributed by atoms with E-state index in [2.05, 4.69) is 5.32 Å². The van der Waals surface area contributed by atoms with Crippen LogP contribution in [0.5, 0.6) is 5.75 Å². The first-order valence-electron chi connectivity index (χ1n) is 10.2. The third-order valence-corrected chi connectivity index (χ3v) is 5.73. The fourth-order valence-electron chi connectivity index (χ4n) is 3.88. The lowest BCUT2D eigenvalue weighted by Crippen LogP contribution is -2.32. The number of rotatable bonds is 5. The van der Waals surface area contributed by atoms with Gasteiger partial charge in [-0.15, -0.1) is 0 Å². The predicted octanol–water partition coefficient (Wildman–Crippen LogP) is 5.67. The third-order valence-electron chi connectivity index (χ3n) is 5.49. The Kier molecular flexibility index (Phi) is 5.76. The van der Waals surface area contributed by atoms with E-state index >= 15 is 0 Å². The zero-order valence-electron chi connectivity index (χ0n) is 18.3. The van der Waals surface area contributed by atoms with Crippen molar-refractivity contribution in [2.45, 2.75) is 20.8 Å². The Bertz CT molecular complexity index is 1280. The lowest BCUT2D eigenvalue weighted by molar-refractivity contribution is -0.120. The molecule has 1 aliphatic heterocycles. The number of carbonyl (C=O) groups is 2. The molecule has 0 saturated carbocycles. The number of amides is 2. The predicted molar refractivity (Wildman–Crippen MR) is 128 cm³/mol. The van der Waals surface area contributed by atoms with Gasteiger partial charge in [-0.05, 0) is 67.8 Å². The molecule has 4 rings (SSSR count). The molecule has 1 N–H and O–H groups in total. The molecule has 5 nitrogen and oxygen atoms in total. The molecule has 6 heteroatoms. The van der Waals surface area contributed by atoms with Crippen molar-refractivity contribution < 1.29 is 14.3 Å². The average molecular weight is 447 g/mol. The number of imide groups is 1. The molecule has 0 fully saturated rings. The number of methoxy groups -OCH3 is 1. The van der Waals surface area contributed by atoms with Gasteiger partial charge in [-0.2, -0.15) is 0 Å². The topological polar surface area (TPSA) is 58.6 Å². The SMILES string of the molecule is COc1cccc(N2C(=O)C(Nc3ccc(Cl)cc3C)=C(c3ccc(C)cc3C)C2=O)c1. The fourth-order valence-corrected chi connectivity index (χ4v) is 4.10. The first-order valence-corrected chi connectivity index (χ1v) is 10.6. The van der Waals surface area contributed by atoms with Crippen molar-refractivity contribution in [1.29, 1.82) is 0 Å². The van der Waals surface area contributed by atoms with Crippen LogP contribution in [0, 0.1) is 20.8 Å². The highest BCUT2D eigenvalue weighted by Crippen LogP contribution is 2.36. The van der Waals surface area contributed by atoms with E-state index in [1.54, 1.807) is 43.5 Å². The molecule has 0 radical (unpaired) electrons. The Morgan fingerprint density at radius 2 is 1.66 bits per heavy atom. The Balaban J connectivity index is 1.87. The molecule has 1 heterocycles. The van der Waals surface area contributed by atoms with Crippen molar-refractivity contribution in [3.8, 4) is 5.75 Å². The largest absolute Gasteiger partial charge is 0.497 e. The smallest absolute Gasteiger partial charge is 0.282 e. The summed E-state index contributed by atoms with van der Waals surface area (Å²) in [6.07, 6.45) is 0. The molecule has 0 saturated heterocycles. The molecule has 0 aliphatic carbocycles. The van der Waals surface area contributed by atoms with Crippen LogP contribution in [0.3, 0.4) is 0 Å². The molecule has 3 aromatic rings. The van der Waals surface area contributed by atoms with Crippen molar-refractivity contribution in [3.63, 3.8) is 0 Å². The fraction of sp³-hybridized carbons (Fsp3) is 0.154. The molecule has 0 spiro atoms. The van der Waals surface area contributed by atoms with Crippen molar-refractivity contribution >= 4 is 40.4 Å². The zero-order chi connectivity index (χ0) is 23.0. The van der Waals surface area contributed by atoms with Gasteiger partial charge in [-0.1, -0.05) is 41.4 Å². The van der Waals surface area contributed by atoms with Gasteiger partial charge in [0.05, 0.1) is 18.4 Å². The van der Waals surface area contributed by atoms with Gasteiger partial charge < -0.3 is 10.1 Å². The number of anilines is 2. The third kappa shape index (κ3) is 3.87. The van der Waals surface area contributed by atoms with Gasteiger partial charge in [0, 0.05) is 16.8 Å². The number of carbonyl (C=O) groups excluding carboxylic acids is 2. The van der Waals surface area contributed by atoms with Gasteiger partial charge in [-0.3, -0.25) is 9.59 Å². The number of hydrogen-bond donors (Lipinski definition) is 1. The summed E-state index contributed by atoms with van der Waals surface area (Å²) < 4.78 is 5.29. The van der Waals surface area contributed by atoms with E-state index in [-0.39, 0.29) is 11.6 Å². The minimum Gasteiger partial charge on any atom is -0.497 e.